The van der Waals surface area contributed by atoms with Crippen molar-refractivity contribution in [1.82, 2.24) is 30.6 Å². The molecule has 5 rings (SSSR count). The number of aryl methyl sites for hydroxylation is 1. The van der Waals surface area contributed by atoms with Crippen molar-refractivity contribution in [3.8, 4) is 0 Å². The normalized spacial score (nSPS) is 20.6. The molecule has 3 aliphatic heterocycles. The van der Waals surface area contributed by atoms with Gasteiger partial charge in [-0.2, -0.15) is 5.10 Å². The van der Waals surface area contributed by atoms with E-state index in [9.17, 15) is 14.4 Å². The molecule has 1 unspecified atom stereocenters. The highest BCUT2D eigenvalue weighted by Gasteiger charge is 2.39. The van der Waals surface area contributed by atoms with E-state index in [4.69, 9.17) is 0 Å². The third kappa shape index (κ3) is 3.64. The van der Waals surface area contributed by atoms with Crippen LogP contribution in [0.25, 0.3) is 0 Å². The lowest BCUT2D eigenvalue weighted by atomic mass is 10.0. The predicted octanol–water partition coefficient (Wildman–Crippen LogP) is 0.346. The molecule has 1 saturated heterocycles. The number of aromatic nitrogens is 2. The van der Waals surface area contributed by atoms with E-state index < -0.39 is 6.04 Å². The Kier molecular flexibility index (Phi) is 5.07. The maximum Gasteiger partial charge on any atom is 0.255 e. The molecule has 3 N–H and O–H groups in total. The summed E-state index contributed by atoms with van der Waals surface area (Å²) in [5.74, 6) is -0.795. The molecule has 0 aliphatic carbocycles. The molecule has 2 aromatic rings. The summed E-state index contributed by atoms with van der Waals surface area (Å²) in [7, 11) is 0. The van der Waals surface area contributed by atoms with Crippen molar-refractivity contribution in [3.63, 3.8) is 0 Å². The van der Waals surface area contributed by atoms with Crippen molar-refractivity contribution < 1.29 is 14.4 Å². The van der Waals surface area contributed by atoms with E-state index in [-0.39, 0.29) is 24.1 Å². The van der Waals surface area contributed by atoms with E-state index in [1.165, 1.54) is 11.3 Å². The van der Waals surface area contributed by atoms with Crippen molar-refractivity contribution >= 4 is 17.7 Å². The number of carbonyl (C=O) groups is 3. The topological polar surface area (TPSA) is 108 Å². The number of imide groups is 1. The maximum absolute atomic E-state index is 12.8. The van der Waals surface area contributed by atoms with Crippen LogP contribution in [0.4, 0.5) is 0 Å². The van der Waals surface area contributed by atoms with Crippen LogP contribution >= 0.6 is 0 Å². The summed E-state index contributed by atoms with van der Waals surface area (Å²) in [6.07, 6.45) is 0.641. The summed E-state index contributed by atoms with van der Waals surface area (Å²) in [5, 5.41) is 13.9. The fourth-order valence-corrected chi connectivity index (χ4v) is 4.74. The van der Waals surface area contributed by atoms with E-state index in [1.54, 1.807) is 4.90 Å². The van der Waals surface area contributed by atoms with Crippen molar-refractivity contribution in [2.24, 2.45) is 0 Å². The minimum atomic E-state index is -0.579. The molecule has 1 atom stereocenters. The Labute approximate surface area is 180 Å². The first-order chi connectivity index (χ1) is 15.0. The van der Waals surface area contributed by atoms with Gasteiger partial charge in [0.2, 0.25) is 11.8 Å². The number of nitrogens with zero attached hydrogens (tertiary/aromatic N) is 3. The fourth-order valence-electron chi connectivity index (χ4n) is 4.74. The average Bonchev–Trinajstić information content (AvgIpc) is 3.24. The Balaban J connectivity index is 1.24. The average molecular weight is 422 g/mol. The lowest BCUT2D eigenvalue weighted by molar-refractivity contribution is -0.136. The van der Waals surface area contributed by atoms with Gasteiger partial charge >= 0.3 is 0 Å². The zero-order valence-electron chi connectivity index (χ0n) is 17.5. The zero-order valence-corrected chi connectivity index (χ0v) is 17.5. The summed E-state index contributed by atoms with van der Waals surface area (Å²) < 4.78 is 2.09. The monoisotopic (exact) mass is 422 g/mol. The van der Waals surface area contributed by atoms with E-state index >= 15 is 0 Å². The highest BCUT2D eigenvalue weighted by molar-refractivity contribution is 6.05. The molecule has 1 aromatic heterocycles. The molecule has 0 bridgehead atoms. The third-order valence-corrected chi connectivity index (χ3v) is 6.38. The fraction of sp³-hybridized carbons (Fsp3) is 0.455. The molecule has 1 aromatic carbocycles. The van der Waals surface area contributed by atoms with Crippen molar-refractivity contribution in [3.05, 3.63) is 51.8 Å². The number of rotatable bonds is 5. The van der Waals surface area contributed by atoms with Crippen molar-refractivity contribution in [2.75, 3.05) is 6.54 Å². The van der Waals surface area contributed by atoms with Crippen LogP contribution in [0.15, 0.2) is 18.2 Å². The van der Waals surface area contributed by atoms with Crippen LogP contribution in [-0.4, -0.2) is 45.0 Å². The summed E-state index contributed by atoms with van der Waals surface area (Å²) >= 11 is 0. The van der Waals surface area contributed by atoms with Gasteiger partial charge < -0.3 is 15.5 Å². The van der Waals surface area contributed by atoms with Crippen molar-refractivity contribution in [2.45, 2.75) is 58.5 Å². The lowest BCUT2D eigenvalue weighted by Gasteiger charge is -2.29. The van der Waals surface area contributed by atoms with Crippen LogP contribution in [0, 0.1) is 6.92 Å². The van der Waals surface area contributed by atoms with E-state index in [2.05, 4.69) is 25.7 Å². The molecule has 3 aliphatic rings. The standard InChI is InChI=1S/C22H26N6O3/c1-13-17(19-11-23-6-7-28(19)26-13)10-24-9-14-2-3-16-15(8-14)12-27(22(16)31)18-4-5-20(29)25-21(18)30/h2-3,8,18,23-24H,4-7,9-12H2,1H3,(H,25,29,30). The Morgan fingerprint density at radius 2 is 2.10 bits per heavy atom. The van der Waals surface area contributed by atoms with Gasteiger partial charge in [-0.05, 0) is 30.5 Å². The van der Waals surface area contributed by atoms with Crippen LogP contribution < -0.4 is 16.0 Å². The van der Waals surface area contributed by atoms with E-state index in [0.29, 0.717) is 25.1 Å². The molecule has 3 amide bonds. The van der Waals surface area contributed by atoms with E-state index in [0.717, 1.165) is 43.0 Å². The Morgan fingerprint density at radius 3 is 2.94 bits per heavy atom. The third-order valence-electron chi connectivity index (χ3n) is 6.38. The van der Waals surface area contributed by atoms with Crippen LogP contribution in [0.1, 0.15) is 51.3 Å². The van der Waals surface area contributed by atoms with Crippen LogP contribution in [0.5, 0.6) is 0 Å². The maximum atomic E-state index is 12.8. The number of amides is 3. The number of piperidine rings is 1. The number of nitrogens with one attached hydrogen (secondary N) is 3. The second kappa shape index (κ2) is 7.90. The number of benzene rings is 1. The molecule has 0 radical (unpaired) electrons. The predicted molar refractivity (Wildman–Crippen MR) is 112 cm³/mol. The molecular weight excluding hydrogens is 396 g/mol. The first kappa shape index (κ1) is 19.9. The van der Waals surface area contributed by atoms with Crippen molar-refractivity contribution in [1.29, 1.82) is 0 Å². The van der Waals surface area contributed by atoms with Crippen LogP contribution in [0.2, 0.25) is 0 Å². The summed E-state index contributed by atoms with van der Waals surface area (Å²) in [4.78, 5) is 38.0. The molecular formula is C22H26N6O3. The molecule has 31 heavy (non-hydrogen) atoms. The van der Waals surface area contributed by atoms with Gasteiger partial charge in [0.05, 0.1) is 17.9 Å². The Hall–Kier alpha value is -3.04. The van der Waals surface area contributed by atoms with Gasteiger partial charge in [-0.15, -0.1) is 0 Å². The molecule has 0 spiro atoms. The minimum absolute atomic E-state index is 0.140. The summed E-state index contributed by atoms with van der Waals surface area (Å²) in [5.41, 5.74) is 6.21. The Morgan fingerprint density at radius 1 is 1.23 bits per heavy atom. The first-order valence-electron chi connectivity index (χ1n) is 10.7. The van der Waals surface area contributed by atoms with E-state index in [1.807, 2.05) is 25.1 Å². The minimum Gasteiger partial charge on any atom is -0.322 e. The summed E-state index contributed by atoms with van der Waals surface area (Å²) in [6.45, 7) is 6.56. The van der Waals surface area contributed by atoms with Gasteiger partial charge in [-0.25, -0.2) is 0 Å². The van der Waals surface area contributed by atoms with Gasteiger partial charge in [0.25, 0.3) is 5.91 Å². The first-order valence-corrected chi connectivity index (χ1v) is 10.7. The lowest BCUT2D eigenvalue weighted by Crippen LogP contribution is -2.52. The van der Waals surface area contributed by atoms with Crippen LogP contribution in [-0.2, 0) is 42.3 Å². The Bertz CT molecular complexity index is 1080. The van der Waals surface area contributed by atoms with Crippen LogP contribution in [0.3, 0.4) is 0 Å². The summed E-state index contributed by atoms with van der Waals surface area (Å²) in [6, 6.07) is 5.26. The SMILES string of the molecule is Cc1nn2c(c1CNCc1ccc3c(c1)CN(C1CCC(=O)NC1=O)C3=O)CNCC2. The molecule has 4 heterocycles. The largest absolute Gasteiger partial charge is 0.322 e. The smallest absolute Gasteiger partial charge is 0.255 e. The number of carbonyl (C=O) groups excluding carboxylic acids is 3. The van der Waals surface area contributed by atoms with Gasteiger partial charge in [-0.1, -0.05) is 12.1 Å². The number of hydrogen-bond donors (Lipinski definition) is 3. The number of hydrogen-bond acceptors (Lipinski definition) is 6. The second-order valence-corrected chi connectivity index (χ2v) is 8.41. The molecule has 0 saturated carbocycles. The molecule has 162 valence electrons. The highest BCUT2D eigenvalue weighted by atomic mass is 16.2. The molecule has 9 heteroatoms. The quantitative estimate of drug-likeness (QED) is 0.600. The van der Waals surface area contributed by atoms with Gasteiger partial charge in [0, 0.05) is 50.3 Å². The van der Waals surface area contributed by atoms with Gasteiger partial charge in [0.15, 0.2) is 0 Å². The highest BCUT2D eigenvalue weighted by Crippen LogP contribution is 2.28. The molecule has 9 nitrogen and oxygen atoms in total. The van der Waals surface area contributed by atoms with Gasteiger partial charge in [0.1, 0.15) is 6.04 Å². The van der Waals surface area contributed by atoms with Gasteiger partial charge in [-0.3, -0.25) is 24.4 Å². The second-order valence-electron chi connectivity index (χ2n) is 8.41. The molecule has 1 fully saturated rings. The number of fused-ring (bicyclic) bond motifs is 2. The zero-order chi connectivity index (χ0) is 21.5.